The number of halogens is 1. The van der Waals surface area contributed by atoms with Crippen LogP contribution in [-0.2, 0) is 14.3 Å². The third-order valence-corrected chi connectivity index (χ3v) is 6.72. The number of ether oxygens (including phenoxy) is 2. The number of hydrogen-bond donors (Lipinski definition) is 3. The van der Waals surface area contributed by atoms with Crippen molar-refractivity contribution in [3.8, 4) is 0 Å². The van der Waals surface area contributed by atoms with Crippen LogP contribution in [0.25, 0.3) is 0 Å². The molecule has 0 spiro atoms. The highest BCUT2D eigenvalue weighted by molar-refractivity contribution is 5.94. The van der Waals surface area contributed by atoms with Gasteiger partial charge < -0.3 is 35.2 Å². The van der Waals surface area contributed by atoms with Crippen LogP contribution in [-0.4, -0.2) is 102 Å². The van der Waals surface area contributed by atoms with Crippen molar-refractivity contribution in [2.75, 3.05) is 46.0 Å². The lowest BCUT2D eigenvalue weighted by molar-refractivity contribution is -0.133. The van der Waals surface area contributed by atoms with Gasteiger partial charge in [0.2, 0.25) is 5.91 Å². The predicted octanol–water partition coefficient (Wildman–Crippen LogP) is 2.19. The second kappa shape index (κ2) is 16.8. The van der Waals surface area contributed by atoms with Gasteiger partial charge in [-0.3, -0.25) is 9.59 Å². The lowest BCUT2D eigenvalue weighted by atomic mass is 10.1. The number of amides is 2. The van der Waals surface area contributed by atoms with Crippen LogP contribution in [0.2, 0.25) is 0 Å². The first-order valence-corrected chi connectivity index (χ1v) is 13.8. The van der Waals surface area contributed by atoms with Gasteiger partial charge in [-0.1, -0.05) is 39.3 Å². The molecule has 4 N–H and O–H groups in total. The number of hydrogen-bond acceptors (Lipinski definition) is 7. The number of benzene rings is 1. The van der Waals surface area contributed by atoms with Crippen LogP contribution in [0.5, 0.6) is 0 Å². The van der Waals surface area contributed by atoms with Crippen molar-refractivity contribution < 1.29 is 33.7 Å². The average molecular weight is 540 g/mol. The Labute approximate surface area is 226 Å². The van der Waals surface area contributed by atoms with Gasteiger partial charge in [0.05, 0.1) is 18.2 Å². The Bertz CT molecular complexity index is 858. The normalized spacial score (nSPS) is 23.2. The van der Waals surface area contributed by atoms with Crippen LogP contribution in [0.1, 0.15) is 63.2 Å². The lowest BCUT2D eigenvalue weighted by Crippen LogP contribution is -2.52. The molecule has 1 aliphatic rings. The topological polar surface area (TPSA) is 126 Å². The van der Waals surface area contributed by atoms with Crippen LogP contribution in [0.3, 0.4) is 0 Å². The molecule has 0 saturated carbocycles. The van der Waals surface area contributed by atoms with Crippen molar-refractivity contribution in [2.45, 2.75) is 77.2 Å². The SMILES string of the molecule is CCC[C@H](N)C(=O)N1CCCCOC[C@@H](O)[C@@H](O)[C@H](OCCC(C)C)CN(C(=O)c2ccccc2F)CC1. The van der Waals surface area contributed by atoms with E-state index in [0.29, 0.717) is 51.4 Å². The molecule has 4 atom stereocenters. The molecule has 0 aromatic heterocycles. The first kappa shape index (κ1) is 32.1. The summed E-state index contributed by atoms with van der Waals surface area (Å²) in [6.07, 6.45) is -0.192. The number of nitrogens with zero attached hydrogens (tertiary/aromatic N) is 2. The fourth-order valence-electron chi connectivity index (χ4n) is 4.31. The Morgan fingerprint density at radius 3 is 2.53 bits per heavy atom. The number of carbonyl (C=O) groups excluding carboxylic acids is 2. The van der Waals surface area contributed by atoms with Crippen molar-refractivity contribution in [1.29, 1.82) is 0 Å². The standard InChI is InChI=1S/C28H46FN3O6/c1-4-9-23(30)28(36)31-13-7-8-16-37-19-24(33)26(34)25(38-17-12-20(2)3)18-32(15-14-31)27(35)21-10-5-6-11-22(21)29/h5-6,10-11,20,23-26,33-34H,4,7-9,12-19,30H2,1-3H3/t23-,24+,25+,26+/m0/s1. The molecule has 1 saturated heterocycles. The second-order valence-electron chi connectivity index (χ2n) is 10.4. The molecule has 1 heterocycles. The predicted molar refractivity (Wildman–Crippen MR) is 143 cm³/mol. The summed E-state index contributed by atoms with van der Waals surface area (Å²) in [5.74, 6) is -1.10. The zero-order valence-electron chi connectivity index (χ0n) is 23.1. The molecule has 0 bridgehead atoms. The maximum Gasteiger partial charge on any atom is 0.256 e. The molecule has 10 heteroatoms. The zero-order chi connectivity index (χ0) is 28.1. The van der Waals surface area contributed by atoms with E-state index in [1.807, 2.05) is 20.8 Å². The van der Waals surface area contributed by atoms with E-state index in [-0.39, 0.29) is 37.7 Å². The van der Waals surface area contributed by atoms with E-state index in [0.717, 1.165) is 6.42 Å². The number of carbonyl (C=O) groups is 2. The Morgan fingerprint density at radius 1 is 1.13 bits per heavy atom. The molecule has 38 heavy (non-hydrogen) atoms. The summed E-state index contributed by atoms with van der Waals surface area (Å²) in [7, 11) is 0. The summed E-state index contributed by atoms with van der Waals surface area (Å²) in [6.45, 7) is 7.22. The van der Waals surface area contributed by atoms with E-state index < -0.39 is 36.1 Å². The van der Waals surface area contributed by atoms with Gasteiger partial charge in [-0.05, 0) is 43.7 Å². The Hall–Kier alpha value is -2.11. The number of aliphatic hydroxyl groups is 2. The monoisotopic (exact) mass is 539 g/mol. The van der Waals surface area contributed by atoms with Crippen molar-refractivity contribution in [3.05, 3.63) is 35.6 Å². The van der Waals surface area contributed by atoms with Crippen LogP contribution < -0.4 is 5.73 Å². The summed E-state index contributed by atoms with van der Waals surface area (Å²) >= 11 is 0. The van der Waals surface area contributed by atoms with Crippen LogP contribution in [0.15, 0.2) is 24.3 Å². The maximum atomic E-state index is 14.6. The van der Waals surface area contributed by atoms with Gasteiger partial charge >= 0.3 is 0 Å². The fraction of sp³-hybridized carbons (Fsp3) is 0.714. The molecule has 1 aromatic carbocycles. The first-order chi connectivity index (χ1) is 18.1. The molecule has 2 amide bonds. The van der Waals surface area contributed by atoms with Gasteiger partial charge in [-0.25, -0.2) is 4.39 Å². The largest absolute Gasteiger partial charge is 0.388 e. The molecular formula is C28H46FN3O6. The van der Waals surface area contributed by atoms with E-state index in [9.17, 15) is 24.2 Å². The Kier molecular flexibility index (Phi) is 14.2. The van der Waals surface area contributed by atoms with Crippen molar-refractivity contribution in [2.24, 2.45) is 11.7 Å². The molecule has 2 rings (SSSR count). The van der Waals surface area contributed by atoms with E-state index in [1.165, 1.54) is 23.1 Å². The molecular weight excluding hydrogens is 493 g/mol. The maximum absolute atomic E-state index is 14.6. The Morgan fingerprint density at radius 2 is 1.84 bits per heavy atom. The number of nitrogens with two attached hydrogens (primary N) is 1. The molecule has 9 nitrogen and oxygen atoms in total. The van der Waals surface area contributed by atoms with Gasteiger partial charge in [0.15, 0.2) is 0 Å². The van der Waals surface area contributed by atoms with Gasteiger partial charge in [-0.15, -0.1) is 0 Å². The fourth-order valence-corrected chi connectivity index (χ4v) is 4.31. The van der Waals surface area contributed by atoms with E-state index in [1.54, 1.807) is 11.0 Å². The second-order valence-corrected chi connectivity index (χ2v) is 10.4. The molecule has 216 valence electrons. The molecule has 0 radical (unpaired) electrons. The minimum atomic E-state index is -1.34. The summed E-state index contributed by atoms with van der Waals surface area (Å²) in [6, 6.07) is 5.05. The van der Waals surface area contributed by atoms with E-state index in [4.69, 9.17) is 15.2 Å². The third-order valence-electron chi connectivity index (χ3n) is 6.72. The van der Waals surface area contributed by atoms with E-state index >= 15 is 0 Å². The average Bonchev–Trinajstić information content (AvgIpc) is 2.89. The van der Waals surface area contributed by atoms with Crippen molar-refractivity contribution >= 4 is 11.8 Å². The van der Waals surface area contributed by atoms with Gasteiger partial charge in [0.25, 0.3) is 5.91 Å². The smallest absolute Gasteiger partial charge is 0.256 e. The van der Waals surface area contributed by atoms with Gasteiger partial charge in [0.1, 0.15) is 24.1 Å². The molecule has 1 aliphatic heterocycles. The Balaban J connectivity index is 2.37. The summed E-state index contributed by atoms with van der Waals surface area (Å²) in [4.78, 5) is 29.7. The van der Waals surface area contributed by atoms with Gasteiger partial charge in [0, 0.05) is 39.4 Å². The van der Waals surface area contributed by atoms with E-state index in [2.05, 4.69) is 0 Å². The number of aliphatic hydroxyl groups excluding tert-OH is 2. The summed E-state index contributed by atoms with van der Waals surface area (Å²) in [5, 5.41) is 21.6. The highest BCUT2D eigenvalue weighted by Crippen LogP contribution is 2.16. The highest BCUT2D eigenvalue weighted by atomic mass is 19.1. The van der Waals surface area contributed by atoms with Gasteiger partial charge in [-0.2, -0.15) is 0 Å². The van der Waals surface area contributed by atoms with Crippen LogP contribution in [0, 0.1) is 11.7 Å². The first-order valence-electron chi connectivity index (χ1n) is 13.8. The minimum absolute atomic E-state index is 0.0844. The van der Waals surface area contributed by atoms with Crippen LogP contribution in [0.4, 0.5) is 4.39 Å². The number of rotatable bonds is 8. The third kappa shape index (κ3) is 10.2. The minimum Gasteiger partial charge on any atom is -0.388 e. The summed E-state index contributed by atoms with van der Waals surface area (Å²) < 4.78 is 26.1. The summed E-state index contributed by atoms with van der Waals surface area (Å²) in [5.41, 5.74) is 6.02. The molecule has 1 fully saturated rings. The molecule has 1 aromatic rings. The molecule has 0 unspecified atom stereocenters. The molecule has 0 aliphatic carbocycles. The quantitative estimate of drug-likeness (QED) is 0.462. The lowest BCUT2D eigenvalue weighted by Gasteiger charge is -2.34. The van der Waals surface area contributed by atoms with Crippen molar-refractivity contribution in [1.82, 2.24) is 9.80 Å². The highest BCUT2D eigenvalue weighted by Gasteiger charge is 2.32. The zero-order valence-corrected chi connectivity index (χ0v) is 23.1. The van der Waals surface area contributed by atoms with Crippen molar-refractivity contribution in [3.63, 3.8) is 0 Å². The van der Waals surface area contributed by atoms with Crippen LogP contribution >= 0.6 is 0 Å².